The fourth-order valence-corrected chi connectivity index (χ4v) is 4.90. The topological polar surface area (TPSA) is 44.4 Å². The molecular weight excluding hydrogens is 342 g/mol. The van der Waals surface area contributed by atoms with Gasteiger partial charge in [-0.2, -0.15) is 0 Å². The molecule has 144 valence electrons. The van der Waals surface area contributed by atoms with Crippen LogP contribution < -0.4 is 10.6 Å². The van der Waals surface area contributed by atoms with Gasteiger partial charge in [0.05, 0.1) is 6.04 Å². The van der Waals surface area contributed by atoms with Crippen LogP contribution in [0.5, 0.6) is 0 Å². The summed E-state index contributed by atoms with van der Waals surface area (Å²) in [7, 11) is 0. The number of nitrogens with one attached hydrogen (secondary N) is 2. The third kappa shape index (κ3) is 5.73. The smallest absolute Gasteiger partial charge is 0.237 e. The summed E-state index contributed by atoms with van der Waals surface area (Å²) in [6, 6.07) is 6.80. The molecule has 3 rings (SSSR count). The summed E-state index contributed by atoms with van der Waals surface area (Å²) >= 11 is 1.95. The van der Waals surface area contributed by atoms with E-state index >= 15 is 0 Å². The van der Waals surface area contributed by atoms with Crippen molar-refractivity contribution < 1.29 is 4.79 Å². The Hall–Kier alpha value is -1.04. The van der Waals surface area contributed by atoms with Crippen LogP contribution in [0.1, 0.15) is 36.8 Å². The minimum absolute atomic E-state index is 0.0454. The molecule has 4 nitrogen and oxygen atoms in total. The minimum Gasteiger partial charge on any atom is -0.354 e. The van der Waals surface area contributed by atoms with Crippen molar-refractivity contribution in [3.8, 4) is 0 Å². The quantitative estimate of drug-likeness (QED) is 0.719. The molecule has 2 heterocycles. The number of thioether (sulfide) groups is 1. The van der Waals surface area contributed by atoms with E-state index in [1.54, 1.807) is 0 Å². The van der Waals surface area contributed by atoms with Gasteiger partial charge in [-0.05, 0) is 81.8 Å². The summed E-state index contributed by atoms with van der Waals surface area (Å²) in [5, 5.41) is 6.45. The van der Waals surface area contributed by atoms with Gasteiger partial charge >= 0.3 is 0 Å². The fourth-order valence-electron chi connectivity index (χ4n) is 3.89. The van der Waals surface area contributed by atoms with E-state index in [2.05, 4.69) is 47.6 Å². The Bertz CT molecular complexity index is 601. The van der Waals surface area contributed by atoms with Gasteiger partial charge < -0.3 is 15.5 Å². The van der Waals surface area contributed by atoms with Gasteiger partial charge in [-0.25, -0.2) is 0 Å². The van der Waals surface area contributed by atoms with Crippen LogP contribution in [0.4, 0.5) is 0 Å². The van der Waals surface area contributed by atoms with Crippen LogP contribution in [0.25, 0.3) is 0 Å². The molecule has 2 aliphatic rings. The summed E-state index contributed by atoms with van der Waals surface area (Å²) in [6.45, 7) is 9.61. The molecule has 0 aromatic heterocycles. The highest BCUT2D eigenvalue weighted by Crippen LogP contribution is 2.22. The van der Waals surface area contributed by atoms with Crippen molar-refractivity contribution in [1.82, 2.24) is 15.5 Å². The molecule has 2 fully saturated rings. The van der Waals surface area contributed by atoms with E-state index in [9.17, 15) is 4.79 Å². The van der Waals surface area contributed by atoms with Crippen molar-refractivity contribution in [2.45, 2.75) is 50.5 Å². The number of aryl methyl sites for hydroxylation is 2. The zero-order valence-electron chi connectivity index (χ0n) is 16.2. The van der Waals surface area contributed by atoms with Gasteiger partial charge in [-0.1, -0.05) is 6.07 Å². The predicted molar refractivity (Wildman–Crippen MR) is 110 cm³/mol. The molecule has 5 heteroatoms. The Morgan fingerprint density at radius 2 is 2.15 bits per heavy atom. The van der Waals surface area contributed by atoms with Crippen LogP contribution in [-0.4, -0.2) is 55.3 Å². The lowest BCUT2D eigenvalue weighted by Crippen LogP contribution is -2.45. The van der Waals surface area contributed by atoms with Crippen molar-refractivity contribution in [2.75, 3.05) is 38.5 Å². The van der Waals surface area contributed by atoms with Gasteiger partial charge in [0.1, 0.15) is 0 Å². The van der Waals surface area contributed by atoms with E-state index < -0.39 is 0 Å². The molecule has 0 radical (unpaired) electrons. The highest BCUT2D eigenvalue weighted by Gasteiger charge is 2.24. The molecule has 2 saturated heterocycles. The van der Waals surface area contributed by atoms with Gasteiger partial charge in [-0.15, -0.1) is 11.8 Å². The Labute approximate surface area is 162 Å². The molecule has 0 saturated carbocycles. The van der Waals surface area contributed by atoms with Crippen LogP contribution in [0, 0.1) is 19.8 Å². The van der Waals surface area contributed by atoms with Gasteiger partial charge in [0.25, 0.3) is 0 Å². The van der Waals surface area contributed by atoms with Gasteiger partial charge in [-0.3, -0.25) is 4.79 Å². The van der Waals surface area contributed by atoms with Crippen LogP contribution in [0.15, 0.2) is 23.1 Å². The molecule has 26 heavy (non-hydrogen) atoms. The molecule has 1 aromatic carbocycles. The first-order chi connectivity index (χ1) is 12.6. The lowest BCUT2D eigenvalue weighted by Gasteiger charge is -2.33. The zero-order valence-corrected chi connectivity index (χ0v) is 17.0. The number of carbonyl (C=O) groups excluding carboxylic acids is 1. The Morgan fingerprint density at radius 1 is 1.27 bits per heavy atom. The van der Waals surface area contributed by atoms with Crippen LogP contribution in [-0.2, 0) is 4.79 Å². The van der Waals surface area contributed by atoms with Gasteiger partial charge in [0, 0.05) is 30.3 Å². The summed E-state index contributed by atoms with van der Waals surface area (Å²) in [6.07, 6.45) is 4.58. The first-order valence-corrected chi connectivity index (χ1v) is 11.0. The lowest BCUT2D eigenvalue weighted by molar-refractivity contribution is -0.123. The maximum Gasteiger partial charge on any atom is 0.237 e. The lowest BCUT2D eigenvalue weighted by atomic mass is 9.98. The molecule has 1 aromatic rings. The summed E-state index contributed by atoms with van der Waals surface area (Å²) < 4.78 is 0. The second-order valence-corrected chi connectivity index (χ2v) is 8.97. The van der Waals surface area contributed by atoms with Crippen LogP contribution >= 0.6 is 11.8 Å². The number of nitrogens with zero attached hydrogens (tertiary/aromatic N) is 1. The van der Waals surface area contributed by atoms with E-state index in [4.69, 9.17) is 0 Å². The van der Waals surface area contributed by atoms with Gasteiger partial charge in [0.2, 0.25) is 5.91 Å². The summed E-state index contributed by atoms with van der Waals surface area (Å²) in [5.41, 5.74) is 2.74. The normalized spacial score (nSPS) is 23.9. The molecule has 1 amide bonds. The van der Waals surface area contributed by atoms with Crippen molar-refractivity contribution in [2.24, 2.45) is 5.92 Å². The SMILES string of the molecule is Cc1ccc(SCCN2CCCC(CNC(=O)C3CCCN3)C2)cc1C. The number of rotatable bonds is 7. The van der Waals surface area contributed by atoms with Gasteiger partial charge in [0.15, 0.2) is 0 Å². The maximum absolute atomic E-state index is 12.2. The molecular formula is C21H33N3OS. The van der Waals surface area contributed by atoms with Crippen LogP contribution in [0.3, 0.4) is 0 Å². The van der Waals surface area contributed by atoms with E-state index in [0.717, 1.165) is 44.8 Å². The second-order valence-electron chi connectivity index (χ2n) is 7.80. The Morgan fingerprint density at radius 3 is 2.92 bits per heavy atom. The largest absolute Gasteiger partial charge is 0.354 e. The molecule has 2 N–H and O–H groups in total. The third-order valence-electron chi connectivity index (χ3n) is 5.70. The first-order valence-electron chi connectivity index (χ1n) is 10.1. The number of benzene rings is 1. The van der Waals surface area contributed by atoms with Crippen molar-refractivity contribution in [3.63, 3.8) is 0 Å². The summed E-state index contributed by atoms with van der Waals surface area (Å²) in [5.74, 6) is 1.93. The van der Waals surface area contributed by atoms with Crippen LogP contribution in [0.2, 0.25) is 0 Å². The zero-order chi connectivity index (χ0) is 18.4. The fraction of sp³-hybridized carbons (Fsp3) is 0.667. The monoisotopic (exact) mass is 375 g/mol. The number of hydrogen-bond donors (Lipinski definition) is 2. The van der Waals surface area contributed by atoms with Crippen molar-refractivity contribution >= 4 is 17.7 Å². The first kappa shape index (κ1) is 19.7. The summed E-state index contributed by atoms with van der Waals surface area (Å²) in [4.78, 5) is 16.1. The van der Waals surface area contributed by atoms with E-state index in [1.807, 2.05) is 11.8 Å². The average Bonchev–Trinajstić information content (AvgIpc) is 3.18. The maximum atomic E-state index is 12.2. The molecule has 2 aliphatic heterocycles. The van der Waals surface area contributed by atoms with E-state index in [0.29, 0.717) is 5.92 Å². The number of carbonyl (C=O) groups is 1. The Balaban J connectivity index is 1.36. The van der Waals surface area contributed by atoms with Crippen molar-refractivity contribution in [3.05, 3.63) is 29.3 Å². The molecule has 0 spiro atoms. The molecule has 2 atom stereocenters. The van der Waals surface area contributed by atoms with E-state index in [1.165, 1.54) is 35.4 Å². The minimum atomic E-state index is 0.0454. The third-order valence-corrected chi connectivity index (χ3v) is 6.67. The predicted octanol–water partition coefficient (Wildman–Crippen LogP) is 2.98. The second kappa shape index (κ2) is 9.77. The number of likely N-dealkylation sites (tertiary alicyclic amines) is 1. The molecule has 2 unspecified atom stereocenters. The molecule has 0 aliphatic carbocycles. The Kier molecular flexibility index (Phi) is 7.41. The van der Waals surface area contributed by atoms with Crippen molar-refractivity contribution in [1.29, 1.82) is 0 Å². The number of hydrogen-bond acceptors (Lipinski definition) is 4. The standard InChI is InChI=1S/C21H33N3OS/c1-16-7-8-19(13-17(16)2)26-12-11-24-10-4-5-18(15-24)14-23-21(25)20-6-3-9-22-20/h7-8,13,18,20,22H,3-6,9-12,14-15H2,1-2H3,(H,23,25). The highest BCUT2D eigenvalue weighted by atomic mass is 32.2. The van der Waals surface area contributed by atoms with E-state index in [-0.39, 0.29) is 11.9 Å². The number of amides is 1. The highest BCUT2D eigenvalue weighted by molar-refractivity contribution is 7.99. The average molecular weight is 376 g/mol. The number of piperidine rings is 1. The molecule has 0 bridgehead atoms.